The van der Waals surface area contributed by atoms with Gasteiger partial charge in [0.15, 0.2) is 0 Å². The number of pyridine rings is 1. The first-order valence-corrected chi connectivity index (χ1v) is 8.27. The van der Waals surface area contributed by atoms with E-state index in [1.165, 1.54) is 18.2 Å². The summed E-state index contributed by atoms with van der Waals surface area (Å²) in [7, 11) is 0. The van der Waals surface area contributed by atoms with Gasteiger partial charge in [0.05, 0.1) is 13.0 Å². The van der Waals surface area contributed by atoms with Crippen LogP contribution in [0.25, 0.3) is 11.0 Å². The van der Waals surface area contributed by atoms with Gasteiger partial charge in [0.1, 0.15) is 17.3 Å². The third kappa shape index (κ3) is 3.12. The molecular weight excluding hydrogens is 324 g/mol. The number of nitrogens with one attached hydrogen (secondary N) is 1. The number of nitrogens with zero attached hydrogens (tertiary/aromatic N) is 2. The van der Waals surface area contributed by atoms with Gasteiger partial charge in [0, 0.05) is 29.4 Å². The van der Waals surface area contributed by atoms with E-state index >= 15 is 0 Å². The fourth-order valence-electron chi connectivity index (χ4n) is 3.08. The molecule has 0 unspecified atom stereocenters. The first-order valence-electron chi connectivity index (χ1n) is 8.27. The van der Waals surface area contributed by atoms with E-state index in [4.69, 9.17) is 0 Å². The molecule has 1 aromatic carbocycles. The molecule has 0 bridgehead atoms. The van der Waals surface area contributed by atoms with Gasteiger partial charge in [-0.1, -0.05) is 6.07 Å². The maximum Gasteiger partial charge on any atom is 0.227 e. The fourth-order valence-corrected chi connectivity index (χ4v) is 3.08. The number of halogens is 2. The van der Waals surface area contributed by atoms with Crippen molar-refractivity contribution in [1.82, 2.24) is 14.9 Å². The zero-order chi connectivity index (χ0) is 17.4. The van der Waals surface area contributed by atoms with Gasteiger partial charge in [-0.3, -0.25) is 4.79 Å². The van der Waals surface area contributed by atoms with Crippen LogP contribution in [0.4, 0.5) is 8.78 Å². The van der Waals surface area contributed by atoms with Crippen LogP contribution in [0.2, 0.25) is 0 Å². The minimum absolute atomic E-state index is 0.0391. The van der Waals surface area contributed by atoms with Crippen molar-refractivity contribution in [2.45, 2.75) is 31.8 Å². The standard InChI is InChI=1S/C19H17F2N3O/c20-16-4-1-5-17(21)15(16)11-24(13-6-7-13)18(25)9-12-10-23-19-14(12)3-2-8-22-19/h1-5,8,10,13H,6-7,9,11H2,(H,22,23). The van der Waals surface area contributed by atoms with Crippen molar-refractivity contribution >= 4 is 16.9 Å². The van der Waals surface area contributed by atoms with Crippen molar-refractivity contribution in [3.63, 3.8) is 0 Å². The van der Waals surface area contributed by atoms with Crippen LogP contribution in [0.5, 0.6) is 0 Å². The predicted molar refractivity (Wildman–Crippen MR) is 89.7 cm³/mol. The second kappa shape index (κ2) is 6.27. The summed E-state index contributed by atoms with van der Waals surface area (Å²) in [6.07, 6.45) is 5.37. The maximum absolute atomic E-state index is 14.0. The highest BCUT2D eigenvalue weighted by Gasteiger charge is 2.33. The Labute approximate surface area is 143 Å². The fraction of sp³-hybridized carbons (Fsp3) is 0.263. The highest BCUT2D eigenvalue weighted by Crippen LogP contribution is 2.30. The number of aromatic amines is 1. The Balaban J connectivity index is 1.58. The molecule has 2 aromatic heterocycles. The summed E-state index contributed by atoms with van der Waals surface area (Å²) in [6.45, 7) is -0.0391. The minimum Gasteiger partial charge on any atom is -0.346 e. The van der Waals surface area contributed by atoms with Gasteiger partial charge in [0.25, 0.3) is 0 Å². The van der Waals surface area contributed by atoms with Gasteiger partial charge in [-0.05, 0) is 42.7 Å². The van der Waals surface area contributed by atoms with Crippen molar-refractivity contribution < 1.29 is 13.6 Å². The molecule has 1 N–H and O–H groups in total. The Morgan fingerprint density at radius 1 is 1.20 bits per heavy atom. The molecule has 0 aliphatic heterocycles. The summed E-state index contributed by atoms with van der Waals surface area (Å²) in [4.78, 5) is 21.7. The lowest BCUT2D eigenvalue weighted by atomic mass is 10.1. The third-order valence-corrected chi connectivity index (χ3v) is 4.58. The molecule has 2 heterocycles. The van der Waals surface area contributed by atoms with E-state index in [9.17, 15) is 13.6 Å². The van der Waals surface area contributed by atoms with Crippen LogP contribution in [-0.2, 0) is 17.8 Å². The second-order valence-electron chi connectivity index (χ2n) is 6.34. The largest absolute Gasteiger partial charge is 0.346 e. The molecule has 1 aliphatic carbocycles. The van der Waals surface area contributed by atoms with Crippen molar-refractivity contribution in [3.05, 3.63) is 65.5 Å². The number of carbonyl (C=O) groups is 1. The van der Waals surface area contributed by atoms with Crippen LogP contribution < -0.4 is 0 Å². The Hall–Kier alpha value is -2.76. The van der Waals surface area contributed by atoms with Gasteiger partial charge < -0.3 is 9.88 Å². The lowest BCUT2D eigenvalue weighted by molar-refractivity contribution is -0.131. The number of amides is 1. The van der Waals surface area contributed by atoms with Crippen LogP contribution in [0.1, 0.15) is 24.0 Å². The van der Waals surface area contributed by atoms with Crippen LogP contribution in [-0.4, -0.2) is 26.8 Å². The van der Waals surface area contributed by atoms with Crippen LogP contribution in [0.3, 0.4) is 0 Å². The molecular formula is C19H17F2N3O. The topological polar surface area (TPSA) is 49.0 Å². The summed E-state index contributed by atoms with van der Waals surface area (Å²) >= 11 is 0. The lowest BCUT2D eigenvalue weighted by Gasteiger charge is -2.23. The SMILES string of the molecule is O=C(Cc1c[nH]c2ncccc12)N(Cc1c(F)cccc1F)C1CC1. The van der Waals surface area contributed by atoms with E-state index in [1.807, 2.05) is 12.1 Å². The summed E-state index contributed by atoms with van der Waals surface area (Å²) in [5, 5.41) is 0.892. The summed E-state index contributed by atoms with van der Waals surface area (Å²) < 4.78 is 27.9. The molecule has 1 aliphatic rings. The normalized spacial score (nSPS) is 14.0. The molecule has 0 atom stereocenters. The van der Waals surface area contributed by atoms with Gasteiger partial charge in [-0.25, -0.2) is 13.8 Å². The Bertz CT molecular complexity index is 913. The average molecular weight is 341 g/mol. The number of fused-ring (bicyclic) bond motifs is 1. The van der Waals surface area contributed by atoms with Gasteiger partial charge in [-0.15, -0.1) is 0 Å². The molecule has 1 amide bonds. The second-order valence-corrected chi connectivity index (χ2v) is 6.34. The monoisotopic (exact) mass is 341 g/mol. The van der Waals surface area contributed by atoms with Gasteiger partial charge in [-0.2, -0.15) is 0 Å². The number of benzene rings is 1. The first kappa shape index (κ1) is 15.7. The Morgan fingerprint density at radius 2 is 1.96 bits per heavy atom. The Morgan fingerprint density at radius 3 is 2.68 bits per heavy atom. The zero-order valence-corrected chi connectivity index (χ0v) is 13.5. The summed E-state index contributed by atoms with van der Waals surface area (Å²) in [5.74, 6) is -1.36. The average Bonchev–Trinajstić information content (AvgIpc) is 3.36. The summed E-state index contributed by atoms with van der Waals surface area (Å²) in [5.41, 5.74) is 1.51. The van der Waals surface area contributed by atoms with Crippen LogP contribution in [0.15, 0.2) is 42.7 Å². The van der Waals surface area contributed by atoms with Crippen molar-refractivity contribution in [3.8, 4) is 0 Å². The molecule has 4 rings (SSSR count). The number of aromatic nitrogens is 2. The lowest BCUT2D eigenvalue weighted by Crippen LogP contribution is -2.34. The predicted octanol–water partition coefficient (Wildman–Crippen LogP) is 3.57. The molecule has 128 valence electrons. The van der Waals surface area contributed by atoms with Crippen molar-refractivity contribution in [1.29, 1.82) is 0 Å². The quantitative estimate of drug-likeness (QED) is 0.771. The van der Waals surface area contributed by atoms with Crippen LogP contribution >= 0.6 is 0 Å². The molecule has 0 spiro atoms. The van der Waals surface area contributed by atoms with E-state index in [1.54, 1.807) is 17.3 Å². The molecule has 6 heteroatoms. The van der Waals surface area contributed by atoms with Gasteiger partial charge in [0.2, 0.25) is 5.91 Å². The molecule has 4 nitrogen and oxygen atoms in total. The van der Waals surface area contributed by atoms with Crippen LogP contribution in [0, 0.1) is 11.6 Å². The van der Waals surface area contributed by atoms with E-state index in [2.05, 4.69) is 9.97 Å². The highest BCUT2D eigenvalue weighted by molar-refractivity contribution is 5.87. The van der Waals surface area contributed by atoms with E-state index in [0.29, 0.717) is 0 Å². The number of rotatable bonds is 5. The first-order chi connectivity index (χ1) is 12.1. The highest BCUT2D eigenvalue weighted by atomic mass is 19.1. The van der Waals surface area contributed by atoms with Crippen molar-refractivity contribution in [2.75, 3.05) is 0 Å². The zero-order valence-electron chi connectivity index (χ0n) is 13.5. The Kier molecular flexibility index (Phi) is 3.95. The summed E-state index contributed by atoms with van der Waals surface area (Å²) in [6, 6.07) is 7.56. The van der Waals surface area contributed by atoms with Crippen molar-refractivity contribution in [2.24, 2.45) is 0 Å². The number of hydrogen-bond acceptors (Lipinski definition) is 2. The van der Waals surface area contributed by atoms with Gasteiger partial charge >= 0.3 is 0 Å². The molecule has 3 aromatic rings. The molecule has 1 fully saturated rings. The molecule has 0 saturated heterocycles. The number of hydrogen-bond donors (Lipinski definition) is 1. The number of H-pyrrole nitrogens is 1. The third-order valence-electron chi connectivity index (χ3n) is 4.58. The maximum atomic E-state index is 14.0. The van der Waals surface area contributed by atoms with E-state index in [-0.39, 0.29) is 30.5 Å². The van der Waals surface area contributed by atoms with E-state index in [0.717, 1.165) is 29.4 Å². The molecule has 0 radical (unpaired) electrons. The smallest absolute Gasteiger partial charge is 0.227 e. The minimum atomic E-state index is -0.616. The van der Waals surface area contributed by atoms with E-state index < -0.39 is 11.6 Å². The molecule has 1 saturated carbocycles. The molecule has 25 heavy (non-hydrogen) atoms. The number of carbonyl (C=O) groups excluding carboxylic acids is 1.